The van der Waals surface area contributed by atoms with Crippen LogP contribution < -0.4 is 47.4 Å². The Morgan fingerprint density at radius 3 is 0.598 bits per heavy atom. The Balaban J connectivity index is 1.02. The number of carbonyl (C=O) groups excluding carboxylic acids is 5. The molecule has 97 heavy (non-hydrogen) atoms. The van der Waals surface area contributed by atoms with E-state index in [9.17, 15) is 9.59 Å². The number of hydrogen-bond acceptors (Lipinski definition) is 15. The van der Waals surface area contributed by atoms with Gasteiger partial charge in [0.05, 0.1) is 27.1 Å². The van der Waals surface area contributed by atoms with Gasteiger partial charge in [-0.25, -0.2) is 0 Å². The zero-order chi connectivity index (χ0) is 68.5. The Labute approximate surface area is 565 Å². The van der Waals surface area contributed by atoms with Gasteiger partial charge in [-0.15, -0.1) is 0 Å². The first-order valence-electron chi connectivity index (χ1n) is 31.9. The lowest BCUT2D eigenvalue weighted by molar-refractivity contribution is -0.163. The SMILES string of the molecule is CCC(C)(CC(C)(CC(C)(CC(C)(CC(C)(C)C(=O)Oc1ccc(Oc2ccccc2)cc1)C(=O)Oc1ccc(Oc2ccccc2)cc1)C(=O)Oc1ccc(Oc2ccccc2)cc1)C(=O)Oc1ccc(Oc2ccccc2)cc1)C(=O)Oc1ccc(Oc2ccccc2)cc1. The topological polar surface area (TPSA) is 178 Å². The minimum Gasteiger partial charge on any atom is -0.457 e. The molecule has 10 rings (SSSR count). The highest BCUT2D eigenvalue weighted by Crippen LogP contribution is 2.53. The van der Waals surface area contributed by atoms with Gasteiger partial charge < -0.3 is 47.4 Å². The van der Waals surface area contributed by atoms with E-state index in [1.165, 1.54) is 0 Å². The second-order valence-corrected chi connectivity index (χ2v) is 25.6. The zero-order valence-electron chi connectivity index (χ0n) is 55.1. The predicted octanol–water partition coefficient (Wildman–Crippen LogP) is 20.0. The van der Waals surface area contributed by atoms with E-state index in [1.807, 2.05) is 127 Å². The summed E-state index contributed by atoms with van der Waals surface area (Å²) in [6, 6.07) is 78.4. The summed E-state index contributed by atoms with van der Waals surface area (Å²) in [5, 5.41) is 0. The van der Waals surface area contributed by atoms with Gasteiger partial charge in [-0.3, -0.25) is 24.0 Å². The van der Waals surface area contributed by atoms with E-state index in [2.05, 4.69) is 0 Å². The van der Waals surface area contributed by atoms with E-state index in [0.717, 1.165) is 0 Å². The number of rotatable bonds is 29. The van der Waals surface area contributed by atoms with E-state index in [4.69, 9.17) is 47.4 Å². The van der Waals surface area contributed by atoms with Gasteiger partial charge in [0.2, 0.25) is 0 Å². The third-order valence-corrected chi connectivity index (χ3v) is 16.5. The second-order valence-electron chi connectivity index (χ2n) is 25.6. The first-order chi connectivity index (χ1) is 46.6. The van der Waals surface area contributed by atoms with Crippen LogP contribution in [-0.4, -0.2) is 29.8 Å². The molecule has 0 saturated carbocycles. The maximum atomic E-state index is 16.0. The summed E-state index contributed by atoms with van der Waals surface area (Å²) in [6.07, 6.45) is -1.26. The molecule has 0 N–H and O–H groups in total. The van der Waals surface area contributed by atoms with Crippen molar-refractivity contribution in [3.05, 3.63) is 273 Å². The van der Waals surface area contributed by atoms with Crippen LogP contribution in [0.25, 0.3) is 0 Å². The van der Waals surface area contributed by atoms with Crippen molar-refractivity contribution in [1.29, 1.82) is 0 Å². The largest absolute Gasteiger partial charge is 0.457 e. The Kier molecular flexibility index (Phi) is 21.7. The number of benzene rings is 10. The average molecular weight is 1300 g/mol. The van der Waals surface area contributed by atoms with Crippen LogP contribution in [0.15, 0.2) is 273 Å². The Morgan fingerprint density at radius 2 is 0.381 bits per heavy atom. The standard InChI is InChI=1S/C82H76O15/c1-8-79(4,74(84)94-69-46-36-64(37-47-69)89-59-26-16-10-17-27-59)55-81(6,76(86)96-71-50-40-66(41-51-71)91-61-30-20-12-21-31-61)57-82(7,77(87)97-72-52-42-67(43-53-72)92-62-32-22-13-23-33-62)56-80(5,75(85)95-70-48-38-65(39-49-70)90-60-28-18-11-19-29-60)54-78(2,3)73(83)93-68-44-34-63(35-45-68)88-58-24-14-9-15-25-58/h9-53H,8,54-57H2,1-7H3. The summed E-state index contributed by atoms with van der Waals surface area (Å²) in [5.74, 6) is 2.22. The van der Waals surface area contributed by atoms with Gasteiger partial charge in [0.25, 0.3) is 0 Å². The van der Waals surface area contributed by atoms with E-state index < -0.39 is 69.8 Å². The van der Waals surface area contributed by atoms with Crippen LogP contribution in [0.4, 0.5) is 0 Å². The van der Waals surface area contributed by atoms with Crippen molar-refractivity contribution in [1.82, 2.24) is 0 Å². The van der Waals surface area contributed by atoms with Crippen LogP contribution in [-0.2, 0) is 24.0 Å². The Hall–Kier alpha value is -11.5. The van der Waals surface area contributed by atoms with Crippen molar-refractivity contribution in [2.45, 2.75) is 80.6 Å². The van der Waals surface area contributed by atoms with E-state index in [0.29, 0.717) is 57.5 Å². The summed E-state index contributed by atoms with van der Waals surface area (Å²) in [6.45, 7) is 11.6. The fraction of sp³-hybridized carbons (Fsp3) is 0.207. The molecule has 0 bridgehead atoms. The molecule has 10 aromatic rings. The lowest BCUT2D eigenvalue weighted by Crippen LogP contribution is -2.50. The Morgan fingerprint density at radius 1 is 0.216 bits per heavy atom. The van der Waals surface area contributed by atoms with E-state index >= 15 is 14.4 Å². The number of para-hydroxylation sites is 5. The molecule has 0 amide bonds. The van der Waals surface area contributed by atoms with Crippen LogP contribution in [0.3, 0.4) is 0 Å². The molecule has 0 heterocycles. The van der Waals surface area contributed by atoms with Crippen molar-refractivity contribution >= 4 is 29.8 Å². The zero-order valence-corrected chi connectivity index (χ0v) is 55.1. The lowest BCUT2D eigenvalue weighted by Gasteiger charge is -2.44. The number of hydrogen-bond donors (Lipinski definition) is 0. The van der Waals surface area contributed by atoms with Crippen LogP contribution in [0, 0.1) is 27.1 Å². The van der Waals surface area contributed by atoms with Crippen molar-refractivity contribution < 1.29 is 71.3 Å². The molecule has 0 aliphatic carbocycles. The number of esters is 5. The normalized spacial score (nSPS) is 13.6. The minimum absolute atomic E-state index is 0.104. The Bertz CT molecular complexity index is 4230. The minimum atomic E-state index is -1.91. The van der Waals surface area contributed by atoms with Crippen LogP contribution >= 0.6 is 0 Å². The molecule has 0 fully saturated rings. The molecule has 4 atom stereocenters. The molecule has 0 aromatic heterocycles. The third-order valence-electron chi connectivity index (χ3n) is 16.5. The molecule has 15 heteroatoms. The molecule has 0 saturated heterocycles. The van der Waals surface area contributed by atoms with Crippen molar-refractivity contribution in [2.75, 3.05) is 0 Å². The van der Waals surface area contributed by atoms with E-state index in [1.54, 1.807) is 194 Å². The van der Waals surface area contributed by atoms with Crippen LogP contribution in [0.2, 0.25) is 0 Å². The van der Waals surface area contributed by atoms with Gasteiger partial charge in [-0.1, -0.05) is 97.9 Å². The molecule has 0 spiro atoms. The van der Waals surface area contributed by atoms with Crippen molar-refractivity contribution in [2.24, 2.45) is 27.1 Å². The monoisotopic (exact) mass is 1300 g/mol. The highest BCUT2D eigenvalue weighted by molar-refractivity contribution is 5.87. The fourth-order valence-corrected chi connectivity index (χ4v) is 11.8. The summed E-state index contributed by atoms with van der Waals surface area (Å²) in [7, 11) is 0. The highest BCUT2D eigenvalue weighted by Gasteiger charge is 2.56. The first kappa shape index (κ1) is 68.4. The first-order valence-corrected chi connectivity index (χ1v) is 31.9. The molecular weight excluding hydrogens is 1220 g/mol. The second kappa shape index (κ2) is 30.7. The summed E-state index contributed by atoms with van der Waals surface area (Å²) in [4.78, 5) is 77.1. The maximum absolute atomic E-state index is 16.0. The van der Waals surface area contributed by atoms with Gasteiger partial charge in [-0.05, 0) is 256 Å². The highest BCUT2D eigenvalue weighted by atomic mass is 16.6. The average Bonchev–Trinajstić information content (AvgIpc) is 0.763. The van der Waals surface area contributed by atoms with Gasteiger partial charge >= 0.3 is 29.8 Å². The third kappa shape index (κ3) is 18.7. The van der Waals surface area contributed by atoms with Crippen molar-refractivity contribution in [3.8, 4) is 86.2 Å². The molecule has 4 unspecified atom stereocenters. The number of ether oxygens (including phenoxy) is 10. The van der Waals surface area contributed by atoms with Crippen LogP contribution in [0.5, 0.6) is 86.2 Å². The number of carbonyl (C=O) groups is 5. The predicted molar refractivity (Wildman–Crippen MR) is 368 cm³/mol. The van der Waals surface area contributed by atoms with Gasteiger partial charge in [0, 0.05) is 0 Å². The van der Waals surface area contributed by atoms with Gasteiger partial charge in [-0.2, -0.15) is 0 Å². The smallest absolute Gasteiger partial charge is 0.317 e. The summed E-state index contributed by atoms with van der Waals surface area (Å²) in [5.41, 5.74) is -8.52. The summed E-state index contributed by atoms with van der Waals surface area (Å²) >= 11 is 0. The van der Waals surface area contributed by atoms with Crippen molar-refractivity contribution in [3.63, 3.8) is 0 Å². The molecule has 15 nitrogen and oxygen atoms in total. The quantitative estimate of drug-likeness (QED) is 0.0319. The lowest BCUT2D eigenvalue weighted by atomic mass is 9.59. The molecule has 494 valence electrons. The van der Waals surface area contributed by atoms with Crippen LogP contribution in [0.1, 0.15) is 80.6 Å². The molecular formula is C82H76O15. The van der Waals surface area contributed by atoms with Gasteiger partial charge in [0.1, 0.15) is 86.2 Å². The fourth-order valence-electron chi connectivity index (χ4n) is 11.8. The molecule has 0 aliphatic rings. The molecule has 10 aromatic carbocycles. The maximum Gasteiger partial charge on any atom is 0.317 e. The summed E-state index contributed by atoms with van der Waals surface area (Å²) < 4.78 is 61.5. The van der Waals surface area contributed by atoms with E-state index in [-0.39, 0.29) is 48.0 Å². The molecule has 0 aliphatic heterocycles. The van der Waals surface area contributed by atoms with Gasteiger partial charge in [0.15, 0.2) is 0 Å². The molecule has 0 radical (unpaired) electrons.